The van der Waals surface area contributed by atoms with Crippen LogP contribution in [0.2, 0.25) is 0 Å². The van der Waals surface area contributed by atoms with E-state index in [4.69, 9.17) is 9.15 Å². The van der Waals surface area contributed by atoms with Crippen molar-refractivity contribution >= 4 is 10.0 Å². The molecule has 2 aliphatic heterocycles. The van der Waals surface area contributed by atoms with E-state index in [1.807, 2.05) is 19.2 Å². The lowest BCUT2D eigenvalue weighted by molar-refractivity contribution is -0.0324. The summed E-state index contributed by atoms with van der Waals surface area (Å²) in [5.74, 6) is 0.877. The van der Waals surface area contributed by atoms with Gasteiger partial charge in [0, 0.05) is 13.2 Å². The Morgan fingerprint density at radius 2 is 2.29 bits per heavy atom. The molecule has 0 aromatic carbocycles. The zero-order valence-corrected chi connectivity index (χ0v) is 13.3. The molecular formula is C14H22N2O4S. The summed E-state index contributed by atoms with van der Waals surface area (Å²) in [6, 6.07) is 3.83. The van der Waals surface area contributed by atoms with Gasteiger partial charge in [-0.05, 0) is 32.0 Å². The molecule has 3 atom stereocenters. The van der Waals surface area contributed by atoms with Gasteiger partial charge in [0.15, 0.2) is 0 Å². The van der Waals surface area contributed by atoms with E-state index in [0.29, 0.717) is 19.7 Å². The third-order valence-corrected chi connectivity index (χ3v) is 5.70. The summed E-state index contributed by atoms with van der Waals surface area (Å²) in [6.45, 7) is 1.86. The maximum atomic E-state index is 12.0. The molecule has 7 heteroatoms. The monoisotopic (exact) mass is 314 g/mol. The quantitative estimate of drug-likeness (QED) is 0.826. The standard InChI is InChI=1S/C14H22N2O4S/c1-15(9-11-5-3-7-19-11)13-10-16(21(2,17)18)12-6-4-8-20-14(12)13/h3,5,7,12-14H,4,6,8-10H2,1-2H3/t12-,13-,14+/m1/s1. The van der Waals surface area contributed by atoms with E-state index in [9.17, 15) is 8.42 Å². The first-order valence-electron chi connectivity index (χ1n) is 7.28. The zero-order chi connectivity index (χ0) is 15.0. The maximum Gasteiger partial charge on any atom is 0.211 e. The van der Waals surface area contributed by atoms with E-state index in [1.54, 1.807) is 10.6 Å². The lowest BCUT2D eigenvalue weighted by Gasteiger charge is -2.33. The van der Waals surface area contributed by atoms with Gasteiger partial charge in [0.1, 0.15) is 5.76 Å². The van der Waals surface area contributed by atoms with Crippen molar-refractivity contribution in [2.45, 2.75) is 37.6 Å². The number of nitrogens with zero attached hydrogens (tertiary/aromatic N) is 2. The number of sulfonamides is 1. The predicted octanol–water partition coefficient (Wildman–Crippen LogP) is 0.903. The molecule has 3 rings (SSSR count). The van der Waals surface area contributed by atoms with E-state index >= 15 is 0 Å². The smallest absolute Gasteiger partial charge is 0.211 e. The van der Waals surface area contributed by atoms with Crippen molar-refractivity contribution in [3.63, 3.8) is 0 Å². The summed E-state index contributed by atoms with van der Waals surface area (Å²) in [4.78, 5) is 2.13. The Kier molecular flexibility index (Phi) is 4.09. The maximum absolute atomic E-state index is 12.0. The van der Waals surface area contributed by atoms with Crippen LogP contribution in [0.3, 0.4) is 0 Å². The number of hydrogen-bond acceptors (Lipinski definition) is 5. The van der Waals surface area contributed by atoms with Crippen LogP contribution in [0.25, 0.3) is 0 Å². The van der Waals surface area contributed by atoms with Gasteiger partial charge in [-0.3, -0.25) is 4.90 Å². The molecule has 0 amide bonds. The molecule has 0 spiro atoms. The molecule has 0 unspecified atom stereocenters. The van der Waals surface area contributed by atoms with Gasteiger partial charge in [-0.2, -0.15) is 4.31 Å². The van der Waals surface area contributed by atoms with Crippen molar-refractivity contribution in [2.75, 3.05) is 26.5 Å². The van der Waals surface area contributed by atoms with Crippen molar-refractivity contribution in [2.24, 2.45) is 0 Å². The number of furan rings is 1. The van der Waals surface area contributed by atoms with E-state index < -0.39 is 10.0 Å². The Balaban J connectivity index is 1.78. The SMILES string of the molecule is CN(Cc1ccco1)[C@@H]1CN(S(C)(=O)=O)[C@@H]2CCCO[C@H]12. The third kappa shape index (κ3) is 3.01. The molecule has 0 bridgehead atoms. The fourth-order valence-corrected chi connectivity index (χ4v) is 4.56. The minimum Gasteiger partial charge on any atom is -0.468 e. The number of ether oxygens (including phenoxy) is 1. The molecular weight excluding hydrogens is 292 g/mol. The van der Waals surface area contributed by atoms with Crippen LogP contribution >= 0.6 is 0 Å². The molecule has 3 heterocycles. The second-order valence-electron chi connectivity index (χ2n) is 5.94. The van der Waals surface area contributed by atoms with Crippen molar-refractivity contribution in [3.8, 4) is 0 Å². The first-order valence-corrected chi connectivity index (χ1v) is 9.12. The first-order chi connectivity index (χ1) is 9.97. The van der Waals surface area contributed by atoms with Gasteiger partial charge >= 0.3 is 0 Å². The van der Waals surface area contributed by atoms with Crippen LogP contribution in [0, 0.1) is 0 Å². The lowest BCUT2D eigenvalue weighted by atomic mass is 10.0. The Hall–Kier alpha value is -0.890. The van der Waals surface area contributed by atoms with Crippen LogP contribution in [0.15, 0.2) is 22.8 Å². The molecule has 2 aliphatic rings. The van der Waals surface area contributed by atoms with Crippen LogP contribution in [-0.4, -0.2) is 62.3 Å². The second kappa shape index (κ2) is 5.72. The average Bonchev–Trinajstić information content (AvgIpc) is 3.04. The Bertz CT molecular complexity index is 572. The van der Waals surface area contributed by atoms with Gasteiger partial charge in [-0.1, -0.05) is 0 Å². The molecule has 2 fully saturated rings. The van der Waals surface area contributed by atoms with Gasteiger partial charge in [0.05, 0.1) is 37.3 Å². The minimum absolute atomic E-state index is 0.0298. The minimum atomic E-state index is -3.20. The van der Waals surface area contributed by atoms with E-state index in [-0.39, 0.29) is 18.2 Å². The summed E-state index contributed by atoms with van der Waals surface area (Å²) >= 11 is 0. The Morgan fingerprint density at radius 1 is 1.48 bits per heavy atom. The number of fused-ring (bicyclic) bond motifs is 1. The van der Waals surface area contributed by atoms with Crippen LogP contribution in [0.5, 0.6) is 0 Å². The van der Waals surface area contributed by atoms with E-state index in [1.165, 1.54) is 6.26 Å². The van der Waals surface area contributed by atoms with E-state index in [0.717, 1.165) is 18.6 Å². The van der Waals surface area contributed by atoms with Crippen molar-refractivity contribution in [3.05, 3.63) is 24.2 Å². The van der Waals surface area contributed by atoms with Crippen LogP contribution in [0.4, 0.5) is 0 Å². The first kappa shape index (κ1) is 15.0. The van der Waals surface area contributed by atoms with Gasteiger partial charge < -0.3 is 9.15 Å². The van der Waals surface area contributed by atoms with Crippen molar-refractivity contribution in [1.82, 2.24) is 9.21 Å². The highest BCUT2D eigenvalue weighted by molar-refractivity contribution is 7.88. The van der Waals surface area contributed by atoms with Gasteiger partial charge in [-0.25, -0.2) is 8.42 Å². The zero-order valence-electron chi connectivity index (χ0n) is 12.4. The Morgan fingerprint density at radius 3 is 2.95 bits per heavy atom. The van der Waals surface area contributed by atoms with Crippen LogP contribution < -0.4 is 0 Å². The highest BCUT2D eigenvalue weighted by Gasteiger charge is 2.48. The topological polar surface area (TPSA) is 63.0 Å². The molecule has 0 saturated carbocycles. The molecule has 0 N–H and O–H groups in total. The van der Waals surface area contributed by atoms with Crippen LogP contribution in [0.1, 0.15) is 18.6 Å². The summed E-state index contributed by atoms with van der Waals surface area (Å²) in [7, 11) is -1.20. The highest BCUT2D eigenvalue weighted by Crippen LogP contribution is 2.33. The van der Waals surface area contributed by atoms with Crippen LogP contribution in [-0.2, 0) is 21.3 Å². The summed E-state index contributed by atoms with van der Waals surface area (Å²) in [6.07, 6.45) is 4.69. The summed E-state index contributed by atoms with van der Waals surface area (Å²) < 4.78 is 36.9. The Labute approximate surface area is 125 Å². The van der Waals surface area contributed by atoms with Crippen molar-refractivity contribution < 1.29 is 17.6 Å². The molecule has 1 aromatic rings. The highest BCUT2D eigenvalue weighted by atomic mass is 32.2. The normalized spacial score (nSPS) is 30.7. The number of rotatable bonds is 4. The van der Waals surface area contributed by atoms with Gasteiger partial charge in [0.2, 0.25) is 10.0 Å². The number of hydrogen-bond donors (Lipinski definition) is 0. The van der Waals surface area contributed by atoms with Gasteiger partial charge in [-0.15, -0.1) is 0 Å². The molecule has 6 nitrogen and oxygen atoms in total. The molecule has 0 aliphatic carbocycles. The molecule has 118 valence electrons. The predicted molar refractivity (Wildman–Crippen MR) is 78.3 cm³/mol. The van der Waals surface area contributed by atoms with Gasteiger partial charge in [0.25, 0.3) is 0 Å². The largest absolute Gasteiger partial charge is 0.468 e. The summed E-state index contributed by atoms with van der Waals surface area (Å²) in [5, 5.41) is 0. The fourth-order valence-electron chi connectivity index (χ4n) is 3.42. The van der Waals surface area contributed by atoms with Crippen molar-refractivity contribution in [1.29, 1.82) is 0 Å². The average molecular weight is 314 g/mol. The third-order valence-electron chi connectivity index (χ3n) is 4.43. The summed E-state index contributed by atoms with van der Waals surface area (Å²) in [5.41, 5.74) is 0. The fraction of sp³-hybridized carbons (Fsp3) is 0.714. The second-order valence-corrected chi connectivity index (χ2v) is 7.87. The lowest BCUT2D eigenvalue weighted by Crippen LogP contribution is -2.46. The molecule has 0 radical (unpaired) electrons. The molecule has 1 aromatic heterocycles. The van der Waals surface area contributed by atoms with E-state index in [2.05, 4.69) is 4.90 Å². The molecule has 21 heavy (non-hydrogen) atoms. The number of likely N-dealkylation sites (N-methyl/N-ethyl adjacent to an activating group) is 1. The molecule has 2 saturated heterocycles.